The standard InChI is InChI=1S/C15H20N4O6/c1-4-6-12(15(20)25-5-2)10(3)16-17-13-8-7-11(18(21)22)9-14(13)19(23)24/h7-9,12,17H,4-6H2,1-3H3/b16-10+. The predicted molar refractivity (Wildman–Crippen MR) is 91.5 cm³/mol. The molecule has 1 N–H and O–H groups in total. The van der Waals surface area contributed by atoms with Crippen molar-refractivity contribution in [3.63, 3.8) is 0 Å². The van der Waals surface area contributed by atoms with Crippen LogP contribution < -0.4 is 5.43 Å². The summed E-state index contributed by atoms with van der Waals surface area (Å²) in [4.78, 5) is 32.3. The molecular formula is C15H20N4O6. The Morgan fingerprint density at radius 2 is 1.96 bits per heavy atom. The number of anilines is 1. The summed E-state index contributed by atoms with van der Waals surface area (Å²) in [6, 6.07) is 3.18. The van der Waals surface area contributed by atoms with Crippen molar-refractivity contribution in [1.29, 1.82) is 0 Å². The van der Waals surface area contributed by atoms with E-state index >= 15 is 0 Å². The fourth-order valence-electron chi connectivity index (χ4n) is 2.13. The Hall–Kier alpha value is -3.04. The molecular weight excluding hydrogens is 332 g/mol. The van der Waals surface area contributed by atoms with Gasteiger partial charge in [0.1, 0.15) is 5.69 Å². The Morgan fingerprint density at radius 3 is 2.48 bits per heavy atom. The monoisotopic (exact) mass is 352 g/mol. The van der Waals surface area contributed by atoms with Gasteiger partial charge < -0.3 is 4.74 Å². The molecule has 136 valence electrons. The van der Waals surface area contributed by atoms with E-state index in [4.69, 9.17) is 4.74 Å². The topological polar surface area (TPSA) is 137 Å². The molecule has 0 fully saturated rings. The van der Waals surface area contributed by atoms with Crippen molar-refractivity contribution in [2.75, 3.05) is 12.0 Å². The van der Waals surface area contributed by atoms with E-state index < -0.39 is 33.1 Å². The number of nitro benzene ring substituents is 2. The quantitative estimate of drug-likeness (QED) is 0.311. The maximum absolute atomic E-state index is 12.0. The van der Waals surface area contributed by atoms with Gasteiger partial charge in [0.15, 0.2) is 0 Å². The second-order valence-corrected chi connectivity index (χ2v) is 5.17. The summed E-state index contributed by atoms with van der Waals surface area (Å²) in [5, 5.41) is 25.9. The van der Waals surface area contributed by atoms with E-state index in [1.807, 2.05) is 6.92 Å². The molecule has 1 unspecified atom stereocenters. The first-order valence-electron chi connectivity index (χ1n) is 7.71. The van der Waals surface area contributed by atoms with E-state index in [1.54, 1.807) is 13.8 Å². The third-order valence-electron chi connectivity index (χ3n) is 3.39. The molecule has 10 nitrogen and oxygen atoms in total. The number of rotatable bonds is 9. The first-order chi connectivity index (χ1) is 11.8. The zero-order chi connectivity index (χ0) is 19.0. The summed E-state index contributed by atoms with van der Waals surface area (Å²) in [7, 11) is 0. The Balaban J connectivity index is 3.07. The zero-order valence-electron chi connectivity index (χ0n) is 14.2. The van der Waals surface area contributed by atoms with Gasteiger partial charge in [-0.05, 0) is 26.3 Å². The Morgan fingerprint density at radius 1 is 1.28 bits per heavy atom. The van der Waals surface area contributed by atoms with Crippen molar-refractivity contribution in [1.82, 2.24) is 0 Å². The molecule has 0 aliphatic rings. The van der Waals surface area contributed by atoms with Crippen molar-refractivity contribution >= 4 is 28.7 Å². The summed E-state index contributed by atoms with van der Waals surface area (Å²) in [5.74, 6) is -0.972. The summed E-state index contributed by atoms with van der Waals surface area (Å²) in [6.45, 7) is 5.47. The number of esters is 1. The molecule has 10 heteroatoms. The van der Waals surface area contributed by atoms with Gasteiger partial charge in [-0.25, -0.2) is 0 Å². The minimum Gasteiger partial charge on any atom is -0.465 e. The van der Waals surface area contributed by atoms with E-state index in [1.165, 1.54) is 6.07 Å². The summed E-state index contributed by atoms with van der Waals surface area (Å²) in [6.07, 6.45) is 1.26. The maximum atomic E-state index is 12.0. The van der Waals surface area contributed by atoms with Crippen molar-refractivity contribution in [2.24, 2.45) is 11.0 Å². The number of benzene rings is 1. The van der Waals surface area contributed by atoms with Gasteiger partial charge in [-0.2, -0.15) is 5.10 Å². The zero-order valence-corrected chi connectivity index (χ0v) is 14.2. The second kappa shape index (κ2) is 9.30. The minimum atomic E-state index is -0.741. The van der Waals surface area contributed by atoms with E-state index in [9.17, 15) is 25.0 Å². The number of ether oxygens (including phenoxy) is 1. The number of carbonyl (C=O) groups is 1. The molecule has 1 atom stereocenters. The van der Waals surface area contributed by atoms with Crippen LogP contribution in [0.25, 0.3) is 0 Å². The number of hydrazone groups is 1. The van der Waals surface area contributed by atoms with Gasteiger partial charge in [0, 0.05) is 11.8 Å². The molecule has 1 aromatic carbocycles. The van der Waals surface area contributed by atoms with Crippen LogP contribution in [-0.2, 0) is 9.53 Å². The SMILES string of the molecule is CCCC(C(=O)OCC)/C(C)=N/Nc1ccc([N+](=O)[O-])cc1[N+](=O)[O-]. The third kappa shape index (κ3) is 5.52. The molecule has 1 rings (SSSR count). The molecule has 0 spiro atoms. The Bertz CT molecular complexity index is 689. The second-order valence-electron chi connectivity index (χ2n) is 5.17. The lowest BCUT2D eigenvalue weighted by atomic mass is 9.99. The van der Waals surface area contributed by atoms with Crippen LogP contribution >= 0.6 is 0 Å². The molecule has 0 saturated carbocycles. The lowest BCUT2D eigenvalue weighted by Crippen LogP contribution is -2.25. The lowest BCUT2D eigenvalue weighted by molar-refractivity contribution is -0.393. The van der Waals surface area contributed by atoms with Crippen molar-refractivity contribution in [2.45, 2.75) is 33.6 Å². The number of nitro groups is 2. The maximum Gasteiger partial charge on any atom is 0.314 e. The minimum absolute atomic E-state index is 0.00550. The van der Waals surface area contributed by atoms with Crippen LogP contribution in [0.2, 0.25) is 0 Å². The lowest BCUT2D eigenvalue weighted by Gasteiger charge is -2.14. The van der Waals surface area contributed by atoms with E-state index in [0.717, 1.165) is 18.6 Å². The number of nitrogens with zero attached hydrogens (tertiary/aromatic N) is 3. The van der Waals surface area contributed by atoms with Gasteiger partial charge >= 0.3 is 11.7 Å². The molecule has 25 heavy (non-hydrogen) atoms. The van der Waals surface area contributed by atoms with Crippen LogP contribution in [0.5, 0.6) is 0 Å². The molecule has 0 aliphatic heterocycles. The number of hydrogen-bond donors (Lipinski definition) is 1. The predicted octanol–water partition coefficient (Wildman–Crippen LogP) is 3.27. The van der Waals surface area contributed by atoms with Crippen LogP contribution in [0.1, 0.15) is 33.6 Å². The molecule has 0 aromatic heterocycles. The molecule has 1 aromatic rings. The molecule has 0 heterocycles. The average molecular weight is 352 g/mol. The average Bonchev–Trinajstić information content (AvgIpc) is 2.57. The highest BCUT2D eigenvalue weighted by Gasteiger charge is 2.23. The van der Waals surface area contributed by atoms with E-state index in [-0.39, 0.29) is 12.3 Å². The van der Waals surface area contributed by atoms with Gasteiger partial charge in [-0.3, -0.25) is 30.4 Å². The third-order valence-corrected chi connectivity index (χ3v) is 3.39. The number of nitrogens with one attached hydrogen (secondary N) is 1. The number of hydrogen-bond acceptors (Lipinski definition) is 8. The Kier molecular flexibility index (Phi) is 7.44. The molecule has 0 aliphatic carbocycles. The Labute approximate surface area is 144 Å². The number of carbonyl (C=O) groups excluding carboxylic acids is 1. The summed E-state index contributed by atoms with van der Waals surface area (Å²) in [5.41, 5.74) is 2.04. The van der Waals surface area contributed by atoms with Crippen LogP contribution in [-0.4, -0.2) is 28.1 Å². The summed E-state index contributed by atoms with van der Waals surface area (Å²) < 4.78 is 5.00. The molecule has 0 radical (unpaired) electrons. The van der Waals surface area contributed by atoms with E-state index in [0.29, 0.717) is 12.1 Å². The van der Waals surface area contributed by atoms with Gasteiger partial charge in [0.05, 0.1) is 28.4 Å². The van der Waals surface area contributed by atoms with Gasteiger partial charge in [-0.1, -0.05) is 13.3 Å². The van der Waals surface area contributed by atoms with E-state index in [2.05, 4.69) is 10.5 Å². The fourth-order valence-corrected chi connectivity index (χ4v) is 2.13. The summed E-state index contributed by atoms with van der Waals surface area (Å²) >= 11 is 0. The first kappa shape index (κ1) is 20.0. The van der Waals surface area contributed by atoms with Crippen LogP contribution in [0.4, 0.5) is 17.1 Å². The highest BCUT2D eigenvalue weighted by Crippen LogP contribution is 2.29. The van der Waals surface area contributed by atoms with Crippen molar-refractivity contribution in [3.05, 3.63) is 38.4 Å². The largest absolute Gasteiger partial charge is 0.465 e. The molecule has 0 bridgehead atoms. The molecule has 0 amide bonds. The van der Waals surface area contributed by atoms with Crippen LogP contribution in [0.15, 0.2) is 23.3 Å². The smallest absolute Gasteiger partial charge is 0.314 e. The van der Waals surface area contributed by atoms with Crippen LogP contribution in [0, 0.1) is 26.1 Å². The van der Waals surface area contributed by atoms with Crippen molar-refractivity contribution in [3.8, 4) is 0 Å². The normalized spacial score (nSPS) is 12.4. The first-order valence-corrected chi connectivity index (χ1v) is 7.71. The highest BCUT2D eigenvalue weighted by molar-refractivity contribution is 6.01. The highest BCUT2D eigenvalue weighted by atomic mass is 16.6. The fraction of sp³-hybridized carbons (Fsp3) is 0.467. The molecule has 0 saturated heterocycles. The van der Waals surface area contributed by atoms with Gasteiger partial charge in [-0.15, -0.1) is 0 Å². The van der Waals surface area contributed by atoms with Gasteiger partial charge in [0.25, 0.3) is 5.69 Å². The number of non-ortho nitro benzene ring substituents is 1. The van der Waals surface area contributed by atoms with Crippen molar-refractivity contribution < 1.29 is 19.4 Å². The van der Waals surface area contributed by atoms with Crippen LogP contribution in [0.3, 0.4) is 0 Å². The van der Waals surface area contributed by atoms with Gasteiger partial charge in [0.2, 0.25) is 0 Å².